The third-order valence-corrected chi connectivity index (χ3v) is 8.47. The van der Waals surface area contributed by atoms with Crippen molar-refractivity contribution in [1.29, 1.82) is 0 Å². The van der Waals surface area contributed by atoms with Crippen molar-refractivity contribution in [3.05, 3.63) is 158 Å². The van der Waals surface area contributed by atoms with Crippen LogP contribution in [0.3, 0.4) is 0 Å². The van der Waals surface area contributed by atoms with E-state index in [4.69, 9.17) is 4.74 Å². The Hall–Kier alpha value is -5.25. The van der Waals surface area contributed by atoms with Gasteiger partial charge in [0.25, 0.3) is 0 Å². The summed E-state index contributed by atoms with van der Waals surface area (Å²) >= 11 is 0. The molecule has 0 fully saturated rings. The van der Waals surface area contributed by atoms with E-state index < -0.39 is 0 Å². The van der Waals surface area contributed by atoms with Gasteiger partial charge in [-0.3, -0.25) is 4.68 Å². The minimum absolute atomic E-state index is 0. The summed E-state index contributed by atoms with van der Waals surface area (Å²) in [7, 11) is 0. The number of hydrogen-bond donors (Lipinski definition) is 0. The van der Waals surface area contributed by atoms with Gasteiger partial charge in [-0.1, -0.05) is 111 Å². The standard InChI is InChI=1S/C42H31N4O.Pt/c1-42(2,3)33-22-35(27-43-26-33)46-40-15-8-7-14-38(40)39-21-20-37(24-41(39)46)47-36-13-9-12-34(23-36)45-28-32(25-44-45)31-18-16-30(17-19-31)29-10-5-4-6-11-29;/h4-22,25-26,28H,1-3H3;/q-3;. The van der Waals surface area contributed by atoms with Crippen LogP contribution in [0.15, 0.2) is 134 Å². The molecule has 0 aliphatic carbocycles. The maximum absolute atomic E-state index is 6.37. The summed E-state index contributed by atoms with van der Waals surface area (Å²) in [5.74, 6) is 1.17. The Labute approximate surface area is 294 Å². The van der Waals surface area contributed by atoms with E-state index in [9.17, 15) is 0 Å². The normalized spacial score (nSPS) is 11.5. The van der Waals surface area contributed by atoms with Crippen LogP contribution in [0.2, 0.25) is 0 Å². The molecule has 0 aliphatic heterocycles. The van der Waals surface area contributed by atoms with E-state index in [0.29, 0.717) is 11.5 Å². The SMILES string of the molecule is CC(C)(C)c1cn[c-]c(-n2c3[c-]c(Oc4[c-]c(-n5cc(-c6ccc(-c7ccccc7)cc6)cn5)ccc4)ccc3c3ccccc32)c1.[Pt]. The molecule has 0 bridgehead atoms. The monoisotopic (exact) mass is 802 g/mol. The van der Waals surface area contributed by atoms with Crippen LogP contribution in [-0.2, 0) is 26.5 Å². The van der Waals surface area contributed by atoms with E-state index in [2.05, 4.69) is 139 Å². The predicted molar refractivity (Wildman–Crippen MR) is 188 cm³/mol. The van der Waals surface area contributed by atoms with E-state index >= 15 is 0 Å². The second-order valence-corrected chi connectivity index (χ2v) is 12.7. The van der Waals surface area contributed by atoms with Crippen molar-refractivity contribution in [3.8, 4) is 45.1 Å². The Kier molecular flexibility index (Phi) is 8.33. The molecule has 3 heterocycles. The molecule has 0 N–H and O–H groups in total. The summed E-state index contributed by atoms with van der Waals surface area (Å²) in [5.41, 5.74) is 9.22. The predicted octanol–water partition coefficient (Wildman–Crippen LogP) is 10.2. The van der Waals surface area contributed by atoms with Crippen LogP contribution >= 0.6 is 0 Å². The molecule has 238 valence electrons. The van der Waals surface area contributed by atoms with Gasteiger partial charge in [0.1, 0.15) is 0 Å². The molecule has 0 saturated heterocycles. The molecule has 0 amide bonds. The van der Waals surface area contributed by atoms with Gasteiger partial charge in [0, 0.05) is 49.8 Å². The summed E-state index contributed by atoms with van der Waals surface area (Å²) in [4.78, 5) is 4.48. The van der Waals surface area contributed by atoms with E-state index in [1.807, 2.05) is 53.6 Å². The smallest absolute Gasteiger partial charge is 0.0571 e. The van der Waals surface area contributed by atoms with Crippen molar-refractivity contribution in [2.75, 3.05) is 0 Å². The number of para-hydroxylation sites is 1. The first-order valence-corrected chi connectivity index (χ1v) is 15.7. The van der Waals surface area contributed by atoms with Crippen LogP contribution in [0.4, 0.5) is 0 Å². The van der Waals surface area contributed by atoms with Crippen LogP contribution < -0.4 is 4.74 Å². The molecular weight excluding hydrogens is 772 g/mol. The first-order chi connectivity index (χ1) is 22.9. The quantitative estimate of drug-likeness (QED) is 0.157. The number of fused-ring (bicyclic) bond motifs is 3. The molecule has 0 aliphatic rings. The van der Waals surface area contributed by atoms with Crippen LogP contribution in [0.5, 0.6) is 11.5 Å². The second-order valence-electron chi connectivity index (χ2n) is 12.7. The Morgan fingerprint density at radius 3 is 2.12 bits per heavy atom. The molecule has 5 nitrogen and oxygen atoms in total. The zero-order valence-corrected chi connectivity index (χ0v) is 29.0. The van der Waals surface area contributed by atoms with Crippen molar-refractivity contribution >= 4 is 21.8 Å². The molecule has 5 aromatic carbocycles. The number of benzene rings is 5. The van der Waals surface area contributed by atoms with E-state index in [0.717, 1.165) is 49.9 Å². The zero-order chi connectivity index (χ0) is 32.0. The summed E-state index contributed by atoms with van der Waals surface area (Å²) in [6.45, 7) is 6.57. The Balaban J connectivity index is 0.00000364. The number of nitrogens with zero attached hydrogens (tertiary/aromatic N) is 4. The minimum atomic E-state index is -0.0449. The Bertz CT molecular complexity index is 2370. The maximum Gasteiger partial charge on any atom is 0.0571 e. The van der Waals surface area contributed by atoms with Crippen molar-refractivity contribution in [1.82, 2.24) is 19.3 Å². The number of pyridine rings is 1. The molecule has 0 spiro atoms. The minimum Gasteiger partial charge on any atom is -0.509 e. The third-order valence-electron chi connectivity index (χ3n) is 8.47. The first-order valence-electron chi connectivity index (χ1n) is 15.7. The summed E-state index contributed by atoms with van der Waals surface area (Å²) in [5, 5.41) is 6.86. The molecule has 3 aromatic heterocycles. The molecule has 6 heteroatoms. The van der Waals surface area contributed by atoms with Gasteiger partial charge < -0.3 is 14.3 Å². The molecule has 0 saturated carbocycles. The topological polar surface area (TPSA) is 44.9 Å². The fourth-order valence-corrected chi connectivity index (χ4v) is 5.93. The number of ether oxygens (including phenoxy) is 1. The largest absolute Gasteiger partial charge is 0.509 e. The van der Waals surface area contributed by atoms with E-state index in [-0.39, 0.29) is 26.5 Å². The van der Waals surface area contributed by atoms with Crippen LogP contribution in [0, 0.1) is 18.3 Å². The summed E-state index contributed by atoms with van der Waals surface area (Å²) in [6.07, 6.45) is 9.00. The average molecular weight is 803 g/mol. The number of rotatable bonds is 6. The fourth-order valence-electron chi connectivity index (χ4n) is 5.93. The average Bonchev–Trinajstić information content (AvgIpc) is 3.72. The van der Waals surface area contributed by atoms with Crippen molar-refractivity contribution < 1.29 is 25.8 Å². The van der Waals surface area contributed by atoms with Crippen LogP contribution in [0.25, 0.3) is 55.4 Å². The molecule has 8 aromatic rings. The molecule has 0 radical (unpaired) electrons. The molecule has 0 atom stereocenters. The molecule has 48 heavy (non-hydrogen) atoms. The Morgan fingerprint density at radius 2 is 1.33 bits per heavy atom. The van der Waals surface area contributed by atoms with Crippen molar-refractivity contribution in [2.24, 2.45) is 0 Å². The van der Waals surface area contributed by atoms with Gasteiger partial charge in [0.05, 0.1) is 6.20 Å². The van der Waals surface area contributed by atoms with Crippen molar-refractivity contribution in [3.63, 3.8) is 0 Å². The molecular formula is C42H31N4OPt-3. The molecule has 0 unspecified atom stereocenters. The van der Waals surface area contributed by atoms with Gasteiger partial charge in [0.2, 0.25) is 0 Å². The third kappa shape index (κ3) is 5.98. The van der Waals surface area contributed by atoms with Gasteiger partial charge in [0.15, 0.2) is 0 Å². The molecule has 8 rings (SSSR count). The zero-order valence-electron chi connectivity index (χ0n) is 26.7. The van der Waals surface area contributed by atoms with Crippen LogP contribution in [0.1, 0.15) is 26.3 Å². The van der Waals surface area contributed by atoms with E-state index in [1.165, 1.54) is 11.1 Å². The van der Waals surface area contributed by atoms with Gasteiger partial charge >= 0.3 is 0 Å². The fraction of sp³-hybridized carbons (Fsp3) is 0.0952. The summed E-state index contributed by atoms with van der Waals surface area (Å²) in [6, 6.07) is 46.3. The van der Waals surface area contributed by atoms with Gasteiger partial charge in [-0.05, 0) is 44.9 Å². The van der Waals surface area contributed by atoms with Crippen molar-refractivity contribution in [2.45, 2.75) is 26.2 Å². The summed E-state index contributed by atoms with van der Waals surface area (Å²) < 4.78 is 10.4. The maximum atomic E-state index is 6.37. The second kappa shape index (κ2) is 12.7. The van der Waals surface area contributed by atoms with Gasteiger partial charge in [-0.25, -0.2) is 0 Å². The number of hydrogen-bond acceptors (Lipinski definition) is 3. The van der Waals surface area contributed by atoms with Gasteiger partial charge in [-0.2, -0.15) is 17.2 Å². The van der Waals surface area contributed by atoms with E-state index in [1.54, 1.807) is 0 Å². The Morgan fingerprint density at radius 1 is 0.625 bits per heavy atom. The first kappa shape index (κ1) is 31.4. The van der Waals surface area contributed by atoms with Crippen LogP contribution in [-0.4, -0.2) is 19.3 Å². The van der Waals surface area contributed by atoms with Gasteiger partial charge in [-0.15, -0.1) is 47.3 Å². The number of aromatic nitrogens is 4.